The molecule has 3 heterocycles. The molecular weight excluding hydrogens is 274 g/mol. The zero-order chi connectivity index (χ0) is 15.3. The fourth-order valence-corrected chi connectivity index (χ4v) is 3.14. The van der Waals surface area contributed by atoms with Gasteiger partial charge in [-0.3, -0.25) is 14.3 Å². The standard InChI is InChI=1S/C18H17N3O/c1-18(2)8-10-21-16(22)13-7-6-12(11-15(13)20-17(18)21)14-5-3-4-9-19-14/h3-7,9,11H,8,10H2,1-2H3. The van der Waals surface area contributed by atoms with Gasteiger partial charge in [0, 0.05) is 23.7 Å². The van der Waals surface area contributed by atoms with E-state index in [1.54, 1.807) is 6.20 Å². The Balaban J connectivity index is 1.98. The van der Waals surface area contributed by atoms with Crippen molar-refractivity contribution in [2.45, 2.75) is 32.2 Å². The molecular formula is C18H17N3O. The average Bonchev–Trinajstić information content (AvgIpc) is 2.84. The molecule has 0 aliphatic carbocycles. The van der Waals surface area contributed by atoms with Gasteiger partial charge in [-0.25, -0.2) is 4.98 Å². The first-order chi connectivity index (χ1) is 10.6. The summed E-state index contributed by atoms with van der Waals surface area (Å²) in [6, 6.07) is 11.6. The highest BCUT2D eigenvalue weighted by Crippen LogP contribution is 2.32. The van der Waals surface area contributed by atoms with Crippen LogP contribution in [0.4, 0.5) is 0 Å². The van der Waals surface area contributed by atoms with Crippen LogP contribution in [0.3, 0.4) is 0 Å². The molecule has 0 radical (unpaired) electrons. The maximum atomic E-state index is 12.7. The number of hydrogen-bond donors (Lipinski definition) is 0. The summed E-state index contributed by atoms with van der Waals surface area (Å²) in [5.41, 5.74) is 2.66. The summed E-state index contributed by atoms with van der Waals surface area (Å²) in [4.78, 5) is 21.8. The quantitative estimate of drug-likeness (QED) is 0.692. The van der Waals surface area contributed by atoms with Crippen molar-refractivity contribution in [3.05, 3.63) is 58.8 Å². The van der Waals surface area contributed by atoms with Crippen molar-refractivity contribution in [1.82, 2.24) is 14.5 Å². The van der Waals surface area contributed by atoms with Crippen molar-refractivity contribution in [2.24, 2.45) is 0 Å². The van der Waals surface area contributed by atoms with E-state index >= 15 is 0 Å². The number of aromatic nitrogens is 3. The molecule has 0 bridgehead atoms. The second-order valence-corrected chi connectivity index (χ2v) is 6.47. The Bertz CT molecular complexity index is 926. The summed E-state index contributed by atoms with van der Waals surface area (Å²) in [6.45, 7) is 5.05. The van der Waals surface area contributed by atoms with Crippen LogP contribution in [0.15, 0.2) is 47.4 Å². The molecule has 1 aliphatic rings. The van der Waals surface area contributed by atoms with Crippen LogP contribution in [0.1, 0.15) is 26.1 Å². The van der Waals surface area contributed by atoms with Crippen molar-refractivity contribution < 1.29 is 0 Å². The van der Waals surface area contributed by atoms with E-state index in [0.29, 0.717) is 5.39 Å². The molecule has 4 nitrogen and oxygen atoms in total. The molecule has 0 fully saturated rings. The third-order valence-electron chi connectivity index (χ3n) is 4.48. The smallest absolute Gasteiger partial charge is 0.261 e. The van der Waals surface area contributed by atoms with E-state index in [9.17, 15) is 4.79 Å². The topological polar surface area (TPSA) is 47.8 Å². The van der Waals surface area contributed by atoms with Gasteiger partial charge in [0.2, 0.25) is 0 Å². The Kier molecular flexibility index (Phi) is 2.70. The lowest BCUT2D eigenvalue weighted by Gasteiger charge is -2.16. The summed E-state index contributed by atoms with van der Waals surface area (Å²) < 4.78 is 1.82. The van der Waals surface area contributed by atoms with Gasteiger partial charge in [-0.15, -0.1) is 0 Å². The summed E-state index contributed by atoms with van der Waals surface area (Å²) in [5.74, 6) is 0.892. The first-order valence-electron chi connectivity index (χ1n) is 7.53. The summed E-state index contributed by atoms with van der Waals surface area (Å²) in [5, 5.41) is 0.682. The molecule has 0 spiro atoms. The molecule has 3 aromatic rings. The van der Waals surface area contributed by atoms with Crippen LogP contribution in [-0.4, -0.2) is 14.5 Å². The van der Waals surface area contributed by atoms with Crippen molar-refractivity contribution in [2.75, 3.05) is 0 Å². The fraction of sp³-hybridized carbons (Fsp3) is 0.278. The number of nitrogens with zero attached hydrogens (tertiary/aromatic N) is 3. The van der Waals surface area contributed by atoms with Crippen LogP contribution >= 0.6 is 0 Å². The first kappa shape index (κ1) is 13.2. The van der Waals surface area contributed by atoms with Crippen LogP contribution in [0.2, 0.25) is 0 Å². The van der Waals surface area contributed by atoms with Gasteiger partial charge >= 0.3 is 0 Å². The van der Waals surface area contributed by atoms with E-state index in [4.69, 9.17) is 4.98 Å². The molecule has 0 saturated carbocycles. The lowest BCUT2D eigenvalue weighted by molar-refractivity contribution is 0.510. The van der Waals surface area contributed by atoms with Gasteiger partial charge in [0.05, 0.1) is 16.6 Å². The minimum absolute atomic E-state index is 0.0473. The molecule has 0 amide bonds. The highest BCUT2D eigenvalue weighted by atomic mass is 16.1. The largest absolute Gasteiger partial charge is 0.296 e. The van der Waals surface area contributed by atoms with Crippen LogP contribution < -0.4 is 5.56 Å². The van der Waals surface area contributed by atoms with Crippen molar-refractivity contribution >= 4 is 10.9 Å². The highest BCUT2D eigenvalue weighted by molar-refractivity contribution is 5.83. The Labute approximate surface area is 128 Å². The Morgan fingerprint density at radius 1 is 1.18 bits per heavy atom. The van der Waals surface area contributed by atoms with Crippen LogP contribution in [0, 0.1) is 0 Å². The van der Waals surface area contributed by atoms with Crippen LogP contribution in [-0.2, 0) is 12.0 Å². The predicted octanol–water partition coefficient (Wildman–Crippen LogP) is 3.14. The molecule has 1 aromatic carbocycles. The second kappa shape index (κ2) is 4.50. The van der Waals surface area contributed by atoms with Crippen LogP contribution in [0.25, 0.3) is 22.2 Å². The molecule has 2 aromatic heterocycles. The zero-order valence-corrected chi connectivity index (χ0v) is 12.7. The lowest BCUT2D eigenvalue weighted by Crippen LogP contribution is -2.24. The van der Waals surface area contributed by atoms with Gasteiger partial charge < -0.3 is 0 Å². The molecule has 0 atom stereocenters. The van der Waals surface area contributed by atoms with E-state index < -0.39 is 0 Å². The van der Waals surface area contributed by atoms with Crippen molar-refractivity contribution in [3.8, 4) is 11.3 Å². The Hall–Kier alpha value is -2.49. The summed E-state index contributed by atoms with van der Waals surface area (Å²) >= 11 is 0. The third kappa shape index (κ3) is 1.87. The highest BCUT2D eigenvalue weighted by Gasteiger charge is 2.33. The zero-order valence-electron chi connectivity index (χ0n) is 12.7. The normalized spacial score (nSPS) is 15.9. The number of rotatable bonds is 1. The number of fused-ring (bicyclic) bond motifs is 2. The van der Waals surface area contributed by atoms with Crippen molar-refractivity contribution in [1.29, 1.82) is 0 Å². The monoisotopic (exact) mass is 291 g/mol. The van der Waals surface area contributed by atoms with E-state index in [1.807, 2.05) is 41.0 Å². The number of benzene rings is 1. The van der Waals surface area contributed by atoms with Gasteiger partial charge in [0.1, 0.15) is 5.82 Å². The molecule has 0 unspecified atom stereocenters. The second-order valence-electron chi connectivity index (χ2n) is 6.47. The maximum absolute atomic E-state index is 12.7. The third-order valence-corrected chi connectivity index (χ3v) is 4.48. The van der Waals surface area contributed by atoms with Gasteiger partial charge in [-0.05, 0) is 30.7 Å². The van der Waals surface area contributed by atoms with Gasteiger partial charge in [0.25, 0.3) is 5.56 Å². The molecule has 0 N–H and O–H groups in total. The Morgan fingerprint density at radius 3 is 2.82 bits per heavy atom. The van der Waals surface area contributed by atoms with Gasteiger partial charge in [0.15, 0.2) is 0 Å². The molecule has 4 rings (SSSR count). The van der Waals surface area contributed by atoms with Crippen LogP contribution in [0.5, 0.6) is 0 Å². The molecule has 4 heteroatoms. The van der Waals surface area contributed by atoms with Gasteiger partial charge in [-0.1, -0.05) is 26.0 Å². The lowest BCUT2D eigenvalue weighted by atomic mass is 9.91. The number of pyridine rings is 1. The van der Waals surface area contributed by atoms with E-state index in [0.717, 1.165) is 35.6 Å². The van der Waals surface area contributed by atoms with E-state index in [-0.39, 0.29) is 11.0 Å². The molecule has 22 heavy (non-hydrogen) atoms. The minimum Gasteiger partial charge on any atom is -0.296 e. The van der Waals surface area contributed by atoms with E-state index in [1.165, 1.54) is 0 Å². The summed E-state index contributed by atoms with van der Waals surface area (Å²) in [7, 11) is 0. The fourth-order valence-electron chi connectivity index (χ4n) is 3.14. The average molecular weight is 291 g/mol. The maximum Gasteiger partial charge on any atom is 0.261 e. The molecule has 110 valence electrons. The van der Waals surface area contributed by atoms with E-state index in [2.05, 4.69) is 18.8 Å². The SMILES string of the molecule is CC1(C)CCn2c1nc1cc(-c3ccccn3)ccc1c2=O. The predicted molar refractivity (Wildman–Crippen MR) is 86.9 cm³/mol. The molecule has 0 saturated heterocycles. The Morgan fingerprint density at radius 2 is 2.05 bits per heavy atom. The minimum atomic E-state index is -0.0473. The first-order valence-corrected chi connectivity index (χ1v) is 7.53. The van der Waals surface area contributed by atoms with Crippen molar-refractivity contribution in [3.63, 3.8) is 0 Å². The molecule has 1 aliphatic heterocycles. The summed E-state index contributed by atoms with van der Waals surface area (Å²) in [6.07, 6.45) is 2.73. The van der Waals surface area contributed by atoms with Gasteiger partial charge in [-0.2, -0.15) is 0 Å². The number of hydrogen-bond acceptors (Lipinski definition) is 3.